The van der Waals surface area contributed by atoms with Crippen LogP contribution in [0.1, 0.15) is 43.7 Å². The number of nitrogens with zero attached hydrogens (tertiary/aromatic N) is 3. The molecule has 0 radical (unpaired) electrons. The first-order chi connectivity index (χ1) is 17.1. The lowest BCUT2D eigenvalue weighted by atomic mass is 10.0. The second-order valence-electron chi connectivity index (χ2n) is 9.28. The zero-order valence-electron chi connectivity index (χ0n) is 18.9. The highest BCUT2D eigenvalue weighted by Crippen LogP contribution is 2.45. The van der Waals surface area contributed by atoms with Gasteiger partial charge >= 0.3 is 0 Å². The molecule has 4 aromatic rings. The van der Waals surface area contributed by atoms with Gasteiger partial charge in [-0.05, 0) is 24.3 Å². The summed E-state index contributed by atoms with van der Waals surface area (Å²) in [4.78, 5) is 49.1. The number of nitrogens with one attached hydrogen (secondary N) is 1. The van der Waals surface area contributed by atoms with Crippen LogP contribution in [0.4, 0.5) is 5.69 Å². The van der Waals surface area contributed by atoms with Gasteiger partial charge in [0.2, 0.25) is 5.91 Å². The summed E-state index contributed by atoms with van der Waals surface area (Å²) in [6, 6.07) is 22.6. The summed E-state index contributed by atoms with van der Waals surface area (Å²) in [6.45, 7) is 0.996. The van der Waals surface area contributed by atoms with E-state index >= 15 is 0 Å². The molecule has 0 saturated carbocycles. The maximum atomic E-state index is 13.6. The number of rotatable bonds is 2. The molecular weight excluding hydrogens is 440 g/mol. The van der Waals surface area contributed by atoms with Crippen LogP contribution < -0.4 is 4.90 Å². The van der Waals surface area contributed by atoms with E-state index in [4.69, 9.17) is 0 Å². The predicted molar refractivity (Wildman–Crippen MR) is 131 cm³/mol. The van der Waals surface area contributed by atoms with Crippen molar-refractivity contribution in [2.45, 2.75) is 19.1 Å². The lowest BCUT2D eigenvalue weighted by molar-refractivity contribution is -0.133. The minimum absolute atomic E-state index is 0.0896. The molecule has 4 heterocycles. The maximum Gasteiger partial charge on any atom is 0.260 e. The van der Waals surface area contributed by atoms with Crippen LogP contribution in [0.5, 0.6) is 0 Å². The minimum Gasteiger partial charge on any atom is -0.358 e. The van der Waals surface area contributed by atoms with Gasteiger partial charge in [-0.1, -0.05) is 48.5 Å². The maximum absolute atomic E-state index is 13.6. The summed E-state index contributed by atoms with van der Waals surface area (Å²) >= 11 is 0. The molecule has 0 fully saturated rings. The fraction of sp³-hybridized carbons (Fsp3) is 0.179. The van der Waals surface area contributed by atoms with Crippen LogP contribution in [0, 0.1) is 0 Å². The van der Waals surface area contributed by atoms with Crippen LogP contribution in [0.2, 0.25) is 0 Å². The molecule has 3 aliphatic rings. The molecule has 3 aliphatic heterocycles. The molecule has 1 atom stereocenters. The summed E-state index contributed by atoms with van der Waals surface area (Å²) in [6.07, 6.45) is 0.113. The molecule has 3 amide bonds. The Balaban J connectivity index is 1.24. The highest BCUT2D eigenvalue weighted by molar-refractivity contribution is 6.17. The lowest BCUT2D eigenvalue weighted by Crippen LogP contribution is -2.52. The monoisotopic (exact) mass is 462 g/mol. The van der Waals surface area contributed by atoms with E-state index in [9.17, 15) is 14.4 Å². The number of aromatic amines is 1. The zero-order chi connectivity index (χ0) is 23.7. The average Bonchev–Trinajstić information content (AvgIpc) is 3.41. The fourth-order valence-electron chi connectivity index (χ4n) is 5.76. The van der Waals surface area contributed by atoms with Gasteiger partial charge in [0.25, 0.3) is 11.8 Å². The topological polar surface area (TPSA) is 76.7 Å². The number of aromatic nitrogens is 1. The minimum atomic E-state index is -0.626. The van der Waals surface area contributed by atoms with E-state index in [0.29, 0.717) is 29.9 Å². The Kier molecular flexibility index (Phi) is 4.18. The third-order valence-corrected chi connectivity index (χ3v) is 7.42. The molecule has 35 heavy (non-hydrogen) atoms. The van der Waals surface area contributed by atoms with Gasteiger partial charge < -0.3 is 14.8 Å². The normalized spacial score (nSPS) is 18.4. The number of carbonyl (C=O) groups excluding carboxylic acids is 3. The number of fused-ring (bicyclic) bond motifs is 8. The molecule has 172 valence electrons. The first-order valence-electron chi connectivity index (χ1n) is 11.8. The number of para-hydroxylation sites is 2. The quantitative estimate of drug-likeness (QED) is 0.491. The van der Waals surface area contributed by atoms with Crippen LogP contribution in [0.3, 0.4) is 0 Å². The van der Waals surface area contributed by atoms with Crippen molar-refractivity contribution < 1.29 is 14.4 Å². The van der Waals surface area contributed by atoms with Crippen molar-refractivity contribution in [1.82, 2.24) is 14.8 Å². The Morgan fingerprint density at radius 3 is 2.51 bits per heavy atom. The van der Waals surface area contributed by atoms with Crippen molar-refractivity contribution in [3.05, 3.63) is 101 Å². The van der Waals surface area contributed by atoms with Crippen LogP contribution in [0.15, 0.2) is 72.8 Å². The second-order valence-corrected chi connectivity index (χ2v) is 9.28. The molecular formula is C28H22N4O3. The van der Waals surface area contributed by atoms with Crippen LogP contribution in [0.25, 0.3) is 10.9 Å². The molecule has 7 heteroatoms. The highest BCUT2D eigenvalue weighted by Gasteiger charge is 2.48. The van der Waals surface area contributed by atoms with Crippen molar-refractivity contribution in [2.75, 3.05) is 18.0 Å². The largest absolute Gasteiger partial charge is 0.358 e. The van der Waals surface area contributed by atoms with Gasteiger partial charge in [-0.3, -0.25) is 19.3 Å². The summed E-state index contributed by atoms with van der Waals surface area (Å²) in [5, 5.41) is 1.13. The highest BCUT2D eigenvalue weighted by atomic mass is 16.2. The van der Waals surface area contributed by atoms with Crippen molar-refractivity contribution in [2.24, 2.45) is 0 Å². The summed E-state index contributed by atoms with van der Waals surface area (Å²) in [5.74, 6) is -0.501. The van der Waals surface area contributed by atoms with E-state index in [-0.39, 0.29) is 24.3 Å². The fourth-order valence-corrected chi connectivity index (χ4v) is 5.76. The summed E-state index contributed by atoms with van der Waals surface area (Å²) < 4.78 is 0. The van der Waals surface area contributed by atoms with Crippen LogP contribution in [-0.4, -0.2) is 45.6 Å². The molecule has 0 saturated heterocycles. The van der Waals surface area contributed by atoms with Crippen LogP contribution in [-0.2, 0) is 17.8 Å². The molecule has 7 rings (SSSR count). The van der Waals surface area contributed by atoms with Gasteiger partial charge in [-0.25, -0.2) is 0 Å². The first-order valence-corrected chi connectivity index (χ1v) is 11.8. The lowest BCUT2D eigenvalue weighted by Gasteiger charge is -2.41. The number of anilines is 1. The van der Waals surface area contributed by atoms with E-state index in [1.54, 1.807) is 34.1 Å². The van der Waals surface area contributed by atoms with Gasteiger partial charge in [0.05, 0.1) is 11.3 Å². The number of hydrogen-bond donors (Lipinski definition) is 1. The molecule has 7 nitrogen and oxygen atoms in total. The molecule has 0 aliphatic carbocycles. The van der Waals surface area contributed by atoms with E-state index < -0.39 is 6.17 Å². The molecule has 3 aromatic carbocycles. The van der Waals surface area contributed by atoms with Gasteiger partial charge in [0, 0.05) is 52.8 Å². The molecule has 1 aromatic heterocycles. The predicted octanol–water partition coefficient (Wildman–Crippen LogP) is 3.87. The summed E-state index contributed by atoms with van der Waals surface area (Å²) in [5.41, 5.74) is 5.74. The number of H-pyrrole nitrogens is 1. The Bertz CT molecular complexity index is 1550. The van der Waals surface area contributed by atoms with E-state index in [0.717, 1.165) is 28.5 Å². The molecule has 0 spiro atoms. The Morgan fingerprint density at radius 1 is 0.886 bits per heavy atom. The standard InChI is InChI=1S/C28H22N4O3/c33-25(30-14-13-23-21(15-30)17-7-3-5-11-22(17)29-23)16-31-26-18-8-1-2-9-19(18)28(35)32(26)24-12-6-4-10-20(24)27(31)34/h1-12,26,29H,13-16H2/t26-/m1/s1. The zero-order valence-corrected chi connectivity index (χ0v) is 18.9. The molecule has 0 bridgehead atoms. The number of amides is 3. The van der Waals surface area contributed by atoms with Gasteiger partial charge in [-0.15, -0.1) is 0 Å². The third-order valence-electron chi connectivity index (χ3n) is 7.42. The van der Waals surface area contributed by atoms with Crippen molar-refractivity contribution in [3.63, 3.8) is 0 Å². The SMILES string of the molecule is O=C(CN1C(=O)c2ccccc2N2C(=O)c3ccccc3[C@H]12)N1CCc2[nH]c3ccccc3c2C1. The van der Waals surface area contributed by atoms with Crippen molar-refractivity contribution in [3.8, 4) is 0 Å². The average molecular weight is 463 g/mol. The second kappa shape index (κ2) is 7.30. The van der Waals surface area contributed by atoms with E-state index in [1.165, 1.54) is 5.69 Å². The van der Waals surface area contributed by atoms with Gasteiger partial charge in [-0.2, -0.15) is 0 Å². The first kappa shape index (κ1) is 20.0. The van der Waals surface area contributed by atoms with Gasteiger partial charge in [0.15, 0.2) is 0 Å². The third kappa shape index (κ3) is 2.81. The smallest absolute Gasteiger partial charge is 0.260 e. The van der Waals surface area contributed by atoms with Crippen molar-refractivity contribution in [1.29, 1.82) is 0 Å². The number of benzene rings is 3. The van der Waals surface area contributed by atoms with Gasteiger partial charge in [0.1, 0.15) is 12.7 Å². The summed E-state index contributed by atoms with van der Waals surface area (Å²) in [7, 11) is 0. The Morgan fingerprint density at radius 2 is 1.63 bits per heavy atom. The Hall–Kier alpha value is -4.39. The van der Waals surface area contributed by atoms with E-state index in [2.05, 4.69) is 11.1 Å². The number of hydrogen-bond acceptors (Lipinski definition) is 3. The van der Waals surface area contributed by atoms with Crippen molar-refractivity contribution >= 4 is 34.3 Å². The molecule has 1 N–H and O–H groups in total. The van der Waals surface area contributed by atoms with E-state index in [1.807, 2.05) is 47.4 Å². The number of carbonyl (C=O) groups is 3. The van der Waals surface area contributed by atoms with Crippen LogP contribution >= 0.6 is 0 Å². The molecule has 0 unspecified atom stereocenters. The Labute approximate surface area is 201 Å².